The molecule has 1 aliphatic rings. The number of hydrogen-bond acceptors (Lipinski definition) is 3. The van der Waals surface area contributed by atoms with E-state index in [0.29, 0.717) is 6.04 Å². The lowest BCUT2D eigenvalue weighted by Crippen LogP contribution is -2.34. The van der Waals surface area contributed by atoms with Gasteiger partial charge >= 0.3 is 0 Å². The molecule has 1 aromatic rings. The summed E-state index contributed by atoms with van der Waals surface area (Å²) in [5, 5.41) is 0. The van der Waals surface area contributed by atoms with Crippen molar-refractivity contribution in [3.63, 3.8) is 0 Å². The first-order chi connectivity index (χ1) is 9.61. The highest BCUT2D eigenvalue weighted by Gasteiger charge is 2.22. The van der Waals surface area contributed by atoms with Crippen LogP contribution in [0.5, 0.6) is 5.75 Å². The molecule has 3 nitrogen and oxygen atoms in total. The molecule has 1 saturated carbocycles. The molecule has 0 amide bonds. The van der Waals surface area contributed by atoms with Crippen LogP contribution in [0.1, 0.15) is 46.0 Å². The molecule has 0 aromatic heterocycles. The van der Waals surface area contributed by atoms with Crippen LogP contribution >= 0.6 is 0 Å². The van der Waals surface area contributed by atoms with Crippen molar-refractivity contribution in [2.75, 3.05) is 24.3 Å². The molecular formula is C17H28N2O. The lowest BCUT2D eigenvalue weighted by Gasteiger charge is -2.35. The molecule has 1 aromatic carbocycles. The second-order valence-corrected chi connectivity index (χ2v) is 6.10. The van der Waals surface area contributed by atoms with Gasteiger partial charge in [0.2, 0.25) is 0 Å². The smallest absolute Gasteiger partial charge is 0.144 e. The van der Waals surface area contributed by atoms with Gasteiger partial charge in [0.1, 0.15) is 5.75 Å². The maximum absolute atomic E-state index is 5.98. The molecule has 0 spiro atoms. The van der Waals surface area contributed by atoms with Crippen molar-refractivity contribution >= 4 is 11.4 Å². The number of nitrogen functional groups attached to an aromatic ring is 1. The third kappa shape index (κ3) is 3.59. The summed E-state index contributed by atoms with van der Waals surface area (Å²) in [6.07, 6.45) is 6.24. The summed E-state index contributed by atoms with van der Waals surface area (Å²) >= 11 is 0. The Bertz CT molecular complexity index is 425. The molecule has 0 bridgehead atoms. The summed E-state index contributed by atoms with van der Waals surface area (Å²) in [5.41, 5.74) is 7.93. The normalized spacial score (nSPS) is 22.6. The number of nitrogens with zero attached hydrogens (tertiary/aromatic N) is 1. The van der Waals surface area contributed by atoms with Crippen molar-refractivity contribution in [1.82, 2.24) is 0 Å². The van der Waals surface area contributed by atoms with Gasteiger partial charge in [0.25, 0.3) is 0 Å². The van der Waals surface area contributed by atoms with Crippen LogP contribution in [0.2, 0.25) is 0 Å². The average Bonchev–Trinajstić information content (AvgIpc) is 2.46. The van der Waals surface area contributed by atoms with E-state index in [2.05, 4.69) is 37.9 Å². The van der Waals surface area contributed by atoms with Crippen molar-refractivity contribution < 1.29 is 4.74 Å². The number of rotatable bonds is 5. The SMILES string of the molecule is CCCOc1cc(N(C)C2CCC(C)CC2)ccc1N. The standard InChI is InChI=1S/C17H28N2O/c1-4-11-20-17-12-15(9-10-16(17)18)19(3)14-7-5-13(2)6-8-14/h9-10,12-14H,4-8,11,18H2,1-3H3. The molecule has 0 saturated heterocycles. The van der Waals surface area contributed by atoms with E-state index >= 15 is 0 Å². The van der Waals surface area contributed by atoms with Gasteiger partial charge in [-0.1, -0.05) is 13.8 Å². The maximum Gasteiger partial charge on any atom is 0.144 e. The maximum atomic E-state index is 5.98. The molecule has 1 aliphatic carbocycles. The first-order valence-electron chi connectivity index (χ1n) is 7.87. The third-order valence-corrected chi connectivity index (χ3v) is 4.40. The van der Waals surface area contributed by atoms with E-state index in [-0.39, 0.29) is 0 Å². The Labute approximate surface area is 123 Å². The first-order valence-corrected chi connectivity index (χ1v) is 7.87. The number of hydrogen-bond donors (Lipinski definition) is 1. The van der Waals surface area contributed by atoms with Crippen molar-refractivity contribution in [3.05, 3.63) is 18.2 Å². The number of anilines is 2. The molecule has 112 valence electrons. The lowest BCUT2D eigenvalue weighted by atomic mass is 9.86. The number of nitrogens with two attached hydrogens (primary N) is 1. The summed E-state index contributed by atoms with van der Waals surface area (Å²) in [4.78, 5) is 2.39. The Kier molecular flexibility index (Phi) is 5.16. The van der Waals surface area contributed by atoms with Crippen molar-refractivity contribution in [3.8, 4) is 5.75 Å². The van der Waals surface area contributed by atoms with Crippen LogP contribution in [0.4, 0.5) is 11.4 Å². The summed E-state index contributed by atoms with van der Waals surface area (Å²) in [6.45, 7) is 5.18. The van der Waals surface area contributed by atoms with Crippen LogP contribution in [0, 0.1) is 5.92 Å². The van der Waals surface area contributed by atoms with Crippen LogP contribution in [0.25, 0.3) is 0 Å². The molecule has 1 fully saturated rings. The van der Waals surface area contributed by atoms with Crippen molar-refractivity contribution in [1.29, 1.82) is 0 Å². The quantitative estimate of drug-likeness (QED) is 0.824. The fraction of sp³-hybridized carbons (Fsp3) is 0.647. The molecule has 0 radical (unpaired) electrons. The van der Waals surface area contributed by atoms with Gasteiger partial charge in [0.15, 0.2) is 0 Å². The fourth-order valence-corrected chi connectivity index (χ4v) is 2.92. The highest BCUT2D eigenvalue weighted by atomic mass is 16.5. The highest BCUT2D eigenvalue weighted by Crippen LogP contribution is 2.32. The topological polar surface area (TPSA) is 38.5 Å². The van der Waals surface area contributed by atoms with Crippen LogP contribution in [0.3, 0.4) is 0 Å². The molecule has 0 aliphatic heterocycles. The van der Waals surface area contributed by atoms with Crippen LogP contribution in [-0.4, -0.2) is 19.7 Å². The first kappa shape index (κ1) is 15.0. The van der Waals surface area contributed by atoms with Crippen molar-refractivity contribution in [2.24, 2.45) is 5.92 Å². The zero-order valence-electron chi connectivity index (χ0n) is 13.1. The molecule has 0 heterocycles. The van der Waals surface area contributed by atoms with Crippen LogP contribution in [-0.2, 0) is 0 Å². The molecule has 2 rings (SSSR count). The molecule has 2 N–H and O–H groups in total. The Morgan fingerprint density at radius 3 is 2.60 bits per heavy atom. The summed E-state index contributed by atoms with van der Waals surface area (Å²) in [7, 11) is 2.19. The molecule has 3 heteroatoms. The number of ether oxygens (including phenoxy) is 1. The third-order valence-electron chi connectivity index (χ3n) is 4.40. The van der Waals surface area contributed by atoms with E-state index in [1.54, 1.807) is 0 Å². The van der Waals surface area contributed by atoms with Gasteiger partial charge in [-0.25, -0.2) is 0 Å². The molecule has 0 unspecified atom stereocenters. The van der Waals surface area contributed by atoms with Gasteiger partial charge in [0.05, 0.1) is 12.3 Å². The minimum Gasteiger partial charge on any atom is -0.491 e. The van der Waals surface area contributed by atoms with E-state index < -0.39 is 0 Å². The summed E-state index contributed by atoms with van der Waals surface area (Å²) in [5.74, 6) is 1.70. The Balaban J connectivity index is 2.07. The van der Waals surface area contributed by atoms with E-state index in [1.807, 2.05) is 6.07 Å². The van der Waals surface area contributed by atoms with E-state index in [9.17, 15) is 0 Å². The Hall–Kier alpha value is -1.38. The average molecular weight is 276 g/mol. The van der Waals surface area contributed by atoms with E-state index in [1.165, 1.54) is 31.4 Å². The second-order valence-electron chi connectivity index (χ2n) is 6.10. The Morgan fingerprint density at radius 2 is 1.95 bits per heavy atom. The Morgan fingerprint density at radius 1 is 1.25 bits per heavy atom. The zero-order chi connectivity index (χ0) is 14.5. The van der Waals surface area contributed by atoms with Gasteiger partial charge in [0, 0.05) is 24.8 Å². The predicted octanol–water partition coefficient (Wildman–Crippen LogP) is 4.07. The zero-order valence-corrected chi connectivity index (χ0v) is 13.1. The van der Waals surface area contributed by atoms with Crippen LogP contribution in [0.15, 0.2) is 18.2 Å². The van der Waals surface area contributed by atoms with E-state index in [0.717, 1.165) is 30.4 Å². The monoisotopic (exact) mass is 276 g/mol. The van der Waals surface area contributed by atoms with Crippen LogP contribution < -0.4 is 15.4 Å². The highest BCUT2D eigenvalue weighted by molar-refractivity contribution is 5.62. The van der Waals surface area contributed by atoms with Gasteiger partial charge in [-0.15, -0.1) is 0 Å². The largest absolute Gasteiger partial charge is 0.491 e. The second kappa shape index (κ2) is 6.87. The summed E-state index contributed by atoms with van der Waals surface area (Å²) in [6, 6.07) is 6.80. The van der Waals surface area contributed by atoms with Gasteiger partial charge in [-0.05, 0) is 50.2 Å². The number of benzene rings is 1. The minimum atomic E-state index is 0.647. The summed E-state index contributed by atoms with van der Waals surface area (Å²) < 4.78 is 5.73. The minimum absolute atomic E-state index is 0.647. The van der Waals surface area contributed by atoms with Gasteiger partial charge in [-0.3, -0.25) is 0 Å². The molecule has 20 heavy (non-hydrogen) atoms. The van der Waals surface area contributed by atoms with Gasteiger partial charge < -0.3 is 15.4 Å². The van der Waals surface area contributed by atoms with Gasteiger partial charge in [-0.2, -0.15) is 0 Å². The van der Waals surface area contributed by atoms with Crippen molar-refractivity contribution in [2.45, 2.75) is 52.0 Å². The molecule has 0 atom stereocenters. The van der Waals surface area contributed by atoms with E-state index in [4.69, 9.17) is 10.5 Å². The molecular weight excluding hydrogens is 248 g/mol. The lowest BCUT2D eigenvalue weighted by molar-refractivity contribution is 0.318. The predicted molar refractivity (Wildman–Crippen MR) is 86.5 cm³/mol. The fourth-order valence-electron chi connectivity index (χ4n) is 2.92.